The second-order valence-electron chi connectivity index (χ2n) is 2.82. The third-order valence-corrected chi connectivity index (χ3v) is 2.12. The van der Waals surface area contributed by atoms with Crippen molar-refractivity contribution < 1.29 is 4.84 Å². The van der Waals surface area contributed by atoms with Crippen LogP contribution in [-0.2, 0) is 4.84 Å². The molecule has 0 saturated heterocycles. The molecule has 0 saturated carbocycles. The highest BCUT2D eigenvalue weighted by atomic mass is 32.1. The van der Waals surface area contributed by atoms with E-state index in [9.17, 15) is 0 Å². The lowest BCUT2D eigenvalue weighted by atomic mass is 10.1. The Morgan fingerprint density at radius 1 is 1.67 bits per heavy atom. The topological polar surface area (TPSA) is 21.6 Å². The first kappa shape index (κ1) is 11.6. The first-order valence-corrected chi connectivity index (χ1v) is 4.82. The summed E-state index contributed by atoms with van der Waals surface area (Å²) in [4.78, 5) is 4.95. The van der Waals surface area contributed by atoms with Crippen LogP contribution >= 0.6 is 12.2 Å². The first-order chi connectivity index (χ1) is 5.72. The molecule has 0 fully saturated rings. The van der Waals surface area contributed by atoms with Crippen LogP contribution in [0, 0.1) is 5.92 Å². The molecule has 0 amide bonds. The lowest BCUT2D eigenvalue weighted by Crippen LogP contribution is -2.09. The normalized spacial score (nSPS) is 13.2. The highest BCUT2D eigenvalue weighted by Crippen LogP contribution is 2.10. The molecule has 0 aliphatic rings. The molecule has 0 radical (unpaired) electrons. The predicted molar refractivity (Wildman–Crippen MR) is 56.5 cm³/mol. The van der Waals surface area contributed by atoms with Crippen molar-refractivity contribution in [3.63, 3.8) is 0 Å². The molecule has 2 nitrogen and oxygen atoms in total. The molecule has 1 atom stereocenters. The van der Waals surface area contributed by atoms with Crippen LogP contribution in [0.3, 0.4) is 0 Å². The zero-order valence-corrected chi connectivity index (χ0v) is 8.86. The number of hydrogen-bond acceptors (Lipinski definition) is 3. The number of oxime groups is 1. The Bertz CT molecular complexity index is 157. The lowest BCUT2D eigenvalue weighted by molar-refractivity contribution is 0.312. The van der Waals surface area contributed by atoms with E-state index in [1.165, 1.54) is 12.8 Å². The summed E-state index contributed by atoms with van der Waals surface area (Å²) in [6, 6.07) is 0. The molecular formula is C9H17NOS. The fourth-order valence-electron chi connectivity index (χ4n) is 0.823. The van der Waals surface area contributed by atoms with E-state index >= 15 is 0 Å². The molecule has 0 aromatic carbocycles. The van der Waals surface area contributed by atoms with Crippen molar-refractivity contribution in [3.8, 4) is 0 Å². The molecule has 0 spiro atoms. The summed E-state index contributed by atoms with van der Waals surface area (Å²) >= 11 is 5.02. The van der Waals surface area contributed by atoms with E-state index in [1.807, 2.05) is 0 Å². The van der Waals surface area contributed by atoms with Crippen molar-refractivity contribution in [1.82, 2.24) is 0 Å². The third-order valence-electron chi connectivity index (χ3n) is 1.64. The van der Waals surface area contributed by atoms with Crippen molar-refractivity contribution in [1.29, 1.82) is 0 Å². The van der Waals surface area contributed by atoms with Gasteiger partial charge in [-0.1, -0.05) is 31.8 Å². The van der Waals surface area contributed by atoms with Crippen molar-refractivity contribution in [2.75, 3.05) is 0 Å². The number of rotatable bonds is 5. The maximum Gasteiger partial charge on any atom is 0.200 e. The van der Waals surface area contributed by atoms with Gasteiger partial charge in [0.15, 0.2) is 0 Å². The Morgan fingerprint density at radius 3 is 2.83 bits per heavy atom. The molecule has 0 aliphatic carbocycles. The summed E-state index contributed by atoms with van der Waals surface area (Å²) < 4.78 is 0. The Kier molecular flexibility index (Phi) is 6.96. The van der Waals surface area contributed by atoms with Gasteiger partial charge in [0, 0.05) is 12.1 Å². The Labute approximate surface area is 80.0 Å². The Morgan fingerprint density at radius 2 is 2.33 bits per heavy atom. The van der Waals surface area contributed by atoms with Gasteiger partial charge in [0.2, 0.25) is 5.05 Å². The van der Waals surface area contributed by atoms with Crippen LogP contribution in [-0.4, -0.2) is 11.3 Å². The summed E-state index contributed by atoms with van der Waals surface area (Å²) in [7, 11) is 0. The maximum atomic E-state index is 5.02. The molecular weight excluding hydrogens is 170 g/mol. The van der Waals surface area contributed by atoms with Crippen molar-refractivity contribution in [3.05, 3.63) is 0 Å². The lowest BCUT2D eigenvalue weighted by Gasteiger charge is -2.08. The van der Waals surface area contributed by atoms with Gasteiger partial charge in [-0.05, 0) is 25.6 Å². The van der Waals surface area contributed by atoms with Crippen LogP contribution in [0.1, 0.15) is 40.0 Å². The summed E-state index contributed by atoms with van der Waals surface area (Å²) in [6.45, 7) is 6.04. The molecule has 1 unspecified atom stereocenters. The van der Waals surface area contributed by atoms with E-state index in [4.69, 9.17) is 17.1 Å². The van der Waals surface area contributed by atoms with Crippen LogP contribution in [0.5, 0.6) is 0 Å². The van der Waals surface area contributed by atoms with Gasteiger partial charge < -0.3 is 4.84 Å². The minimum Gasteiger partial charge on any atom is -0.350 e. The van der Waals surface area contributed by atoms with Crippen LogP contribution in [0.2, 0.25) is 0 Å². The van der Waals surface area contributed by atoms with Gasteiger partial charge in [0.1, 0.15) is 0 Å². The zero-order chi connectivity index (χ0) is 9.40. The summed E-state index contributed by atoms with van der Waals surface area (Å²) in [6.07, 6.45) is 5.08. The monoisotopic (exact) mass is 187 g/mol. The second-order valence-corrected chi connectivity index (χ2v) is 3.22. The molecule has 0 aromatic heterocycles. The van der Waals surface area contributed by atoms with E-state index < -0.39 is 0 Å². The number of hydrogen-bond donors (Lipinski definition) is 0. The summed E-state index contributed by atoms with van der Waals surface area (Å²) in [5.41, 5.74) is 0. The van der Waals surface area contributed by atoms with Gasteiger partial charge in [-0.2, -0.15) is 0 Å². The standard InChI is InChI=1S/C9H17NOS/c1-4-6-7-8(3)9(12)11-10-5-2/h5,8H,4,6-7H2,1-3H3/b10-5-. The van der Waals surface area contributed by atoms with Crippen LogP contribution in [0.4, 0.5) is 0 Å². The second kappa shape index (κ2) is 7.22. The Hall–Kier alpha value is -0.440. The van der Waals surface area contributed by atoms with E-state index in [0.717, 1.165) is 6.42 Å². The van der Waals surface area contributed by atoms with Crippen LogP contribution in [0.25, 0.3) is 0 Å². The van der Waals surface area contributed by atoms with E-state index in [0.29, 0.717) is 11.0 Å². The molecule has 3 heteroatoms. The fourth-order valence-corrected chi connectivity index (χ4v) is 0.984. The zero-order valence-electron chi connectivity index (χ0n) is 8.04. The molecule has 0 N–H and O–H groups in total. The number of nitrogens with zero attached hydrogens (tertiary/aromatic N) is 1. The van der Waals surface area contributed by atoms with Gasteiger partial charge in [0.05, 0.1) is 0 Å². The molecule has 0 aliphatic heterocycles. The molecule has 12 heavy (non-hydrogen) atoms. The summed E-state index contributed by atoms with van der Waals surface area (Å²) in [5, 5.41) is 4.23. The largest absolute Gasteiger partial charge is 0.350 e. The smallest absolute Gasteiger partial charge is 0.200 e. The van der Waals surface area contributed by atoms with Gasteiger partial charge in [0.25, 0.3) is 0 Å². The molecule has 0 heterocycles. The quantitative estimate of drug-likeness (QED) is 0.374. The molecule has 0 rings (SSSR count). The number of unbranched alkanes of at least 4 members (excludes halogenated alkanes) is 1. The van der Waals surface area contributed by atoms with Gasteiger partial charge in [-0.3, -0.25) is 0 Å². The SMILES string of the molecule is C/C=N\OC(=S)C(C)CCCC. The molecule has 0 aromatic rings. The number of thiocarbonyl (C=S) groups is 1. The highest BCUT2D eigenvalue weighted by molar-refractivity contribution is 7.80. The molecule has 70 valence electrons. The van der Waals surface area contributed by atoms with E-state index in [1.54, 1.807) is 13.1 Å². The van der Waals surface area contributed by atoms with Gasteiger partial charge >= 0.3 is 0 Å². The van der Waals surface area contributed by atoms with Gasteiger partial charge in [-0.15, -0.1) is 0 Å². The predicted octanol–water partition coefficient (Wildman–Crippen LogP) is 3.16. The average molecular weight is 187 g/mol. The average Bonchev–Trinajstić information content (AvgIpc) is 2.10. The minimum absolute atomic E-state index is 0.337. The van der Waals surface area contributed by atoms with Crippen LogP contribution < -0.4 is 0 Å². The van der Waals surface area contributed by atoms with Gasteiger partial charge in [-0.25, -0.2) is 0 Å². The Balaban J connectivity index is 3.61. The van der Waals surface area contributed by atoms with Crippen molar-refractivity contribution in [2.45, 2.75) is 40.0 Å². The third kappa shape index (κ3) is 5.24. The first-order valence-electron chi connectivity index (χ1n) is 4.41. The maximum absolute atomic E-state index is 5.02. The molecule has 0 bridgehead atoms. The van der Waals surface area contributed by atoms with Crippen molar-refractivity contribution in [2.24, 2.45) is 11.1 Å². The summed E-state index contributed by atoms with van der Waals surface area (Å²) in [5.74, 6) is 0.337. The highest BCUT2D eigenvalue weighted by Gasteiger charge is 2.08. The fraction of sp³-hybridized carbons (Fsp3) is 0.778. The van der Waals surface area contributed by atoms with Crippen LogP contribution in [0.15, 0.2) is 5.16 Å². The van der Waals surface area contributed by atoms with Crippen molar-refractivity contribution >= 4 is 23.5 Å². The van der Waals surface area contributed by atoms with E-state index in [2.05, 4.69) is 19.0 Å². The van der Waals surface area contributed by atoms with E-state index in [-0.39, 0.29) is 0 Å². The minimum atomic E-state index is 0.337.